The summed E-state index contributed by atoms with van der Waals surface area (Å²) in [6, 6.07) is 11.5. The zero-order valence-electron chi connectivity index (χ0n) is 8.12. The molecule has 0 atom stereocenters. The molecule has 0 aliphatic heterocycles. The molecular weight excluding hydrogens is 174 g/mol. The second kappa shape index (κ2) is 3.58. The Bertz CT molecular complexity index is 451. The average molecular weight is 187 g/mol. The van der Waals surface area contributed by atoms with Crippen LogP contribution < -0.4 is 5.32 Å². The topological polar surface area (TPSA) is 32.3 Å². The van der Waals surface area contributed by atoms with Gasteiger partial charge in [-0.2, -0.15) is 0 Å². The van der Waals surface area contributed by atoms with Gasteiger partial charge in [0.2, 0.25) is 0 Å². The molecule has 2 N–H and O–H groups in total. The Morgan fingerprint density at radius 1 is 1.21 bits per heavy atom. The molecule has 2 nitrogen and oxygen atoms in total. The van der Waals surface area contributed by atoms with Gasteiger partial charge in [0.1, 0.15) is 5.75 Å². The van der Waals surface area contributed by atoms with Gasteiger partial charge < -0.3 is 10.4 Å². The summed E-state index contributed by atoms with van der Waals surface area (Å²) in [5.41, 5.74) is 1.09. The summed E-state index contributed by atoms with van der Waals surface area (Å²) in [4.78, 5) is 0. The van der Waals surface area contributed by atoms with Crippen LogP contribution in [-0.4, -0.2) is 11.7 Å². The number of phenolic OH excluding ortho intramolecular Hbond substituents is 1. The maximum absolute atomic E-state index is 9.57. The van der Waals surface area contributed by atoms with Crippen molar-refractivity contribution < 1.29 is 5.11 Å². The molecule has 0 bridgehead atoms. The summed E-state index contributed by atoms with van der Waals surface area (Å²) in [5, 5.41) is 14.8. The second-order valence-electron chi connectivity index (χ2n) is 3.24. The minimum atomic E-state index is 0.338. The van der Waals surface area contributed by atoms with Gasteiger partial charge in [-0.25, -0.2) is 0 Å². The number of nitrogens with one attached hydrogen (secondary N) is 1. The van der Waals surface area contributed by atoms with Crippen LogP contribution in [0.2, 0.25) is 0 Å². The highest BCUT2D eigenvalue weighted by molar-refractivity contribution is 5.90. The molecule has 0 heterocycles. The third kappa shape index (κ3) is 1.51. The number of hydrogen-bond donors (Lipinski definition) is 2. The molecule has 0 radical (unpaired) electrons. The Balaban J connectivity index is 2.56. The van der Waals surface area contributed by atoms with Crippen molar-refractivity contribution in [1.29, 1.82) is 0 Å². The van der Waals surface area contributed by atoms with Crippen LogP contribution in [0.25, 0.3) is 10.8 Å². The van der Waals surface area contributed by atoms with Crippen LogP contribution in [0.1, 0.15) is 6.92 Å². The van der Waals surface area contributed by atoms with E-state index < -0.39 is 0 Å². The number of phenols is 1. The van der Waals surface area contributed by atoms with Crippen LogP contribution in [0, 0.1) is 0 Å². The normalized spacial score (nSPS) is 10.4. The van der Waals surface area contributed by atoms with Gasteiger partial charge in [-0.1, -0.05) is 12.1 Å². The number of benzene rings is 2. The number of fused-ring (bicyclic) bond motifs is 1. The lowest BCUT2D eigenvalue weighted by Crippen LogP contribution is -1.95. The zero-order chi connectivity index (χ0) is 9.97. The number of rotatable bonds is 2. The fraction of sp³-hybridized carbons (Fsp3) is 0.167. The van der Waals surface area contributed by atoms with E-state index in [1.165, 1.54) is 0 Å². The molecule has 0 saturated carbocycles. The van der Waals surface area contributed by atoms with E-state index in [1.807, 2.05) is 30.3 Å². The lowest BCUT2D eigenvalue weighted by Gasteiger charge is -2.05. The highest BCUT2D eigenvalue weighted by atomic mass is 16.3. The Labute approximate surface area is 83.2 Å². The molecular formula is C12H13NO. The second-order valence-corrected chi connectivity index (χ2v) is 3.24. The van der Waals surface area contributed by atoms with Gasteiger partial charge in [0, 0.05) is 17.6 Å². The van der Waals surface area contributed by atoms with Gasteiger partial charge in [0.05, 0.1) is 0 Å². The van der Waals surface area contributed by atoms with Crippen molar-refractivity contribution >= 4 is 16.5 Å². The highest BCUT2D eigenvalue weighted by Gasteiger charge is 1.98. The monoisotopic (exact) mass is 187 g/mol. The molecule has 2 heteroatoms. The van der Waals surface area contributed by atoms with E-state index in [2.05, 4.69) is 12.2 Å². The molecule has 0 amide bonds. The molecule has 0 unspecified atom stereocenters. The fourth-order valence-corrected chi connectivity index (χ4v) is 1.58. The molecule has 0 spiro atoms. The molecule has 2 aromatic rings. The van der Waals surface area contributed by atoms with E-state index >= 15 is 0 Å². The van der Waals surface area contributed by atoms with Crippen molar-refractivity contribution in [2.24, 2.45) is 0 Å². The van der Waals surface area contributed by atoms with Gasteiger partial charge in [-0.15, -0.1) is 0 Å². The van der Waals surface area contributed by atoms with Gasteiger partial charge in [0.15, 0.2) is 0 Å². The Kier molecular flexibility index (Phi) is 2.27. The first-order valence-electron chi connectivity index (χ1n) is 4.77. The molecule has 0 fully saturated rings. The Hall–Kier alpha value is -1.70. The summed E-state index contributed by atoms with van der Waals surface area (Å²) >= 11 is 0. The highest BCUT2D eigenvalue weighted by Crippen LogP contribution is 2.26. The molecule has 2 aromatic carbocycles. The number of anilines is 1. The van der Waals surface area contributed by atoms with Crippen molar-refractivity contribution in [3.8, 4) is 5.75 Å². The van der Waals surface area contributed by atoms with E-state index in [0.29, 0.717) is 5.75 Å². The summed E-state index contributed by atoms with van der Waals surface area (Å²) in [6.45, 7) is 2.97. The van der Waals surface area contributed by atoms with Crippen molar-refractivity contribution in [3.63, 3.8) is 0 Å². The first-order valence-corrected chi connectivity index (χ1v) is 4.77. The molecule has 72 valence electrons. The van der Waals surface area contributed by atoms with E-state index in [1.54, 1.807) is 6.07 Å². The third-order valence-electron chi connectivity index (χ3n) is 2.24. The Morgan fingerprint density at radius 3 is 2.86 bits per heavy atom. The quantitative estimate of drug-likeness (QED) is 0.757. The van der Waals surface area contributed by atoms with Gasteiger partial charge in [-0.3, -0.25) is 0 Å². The summed E-state index contributed by atoms with van der Waals surface area (Å²) < 4.78 is 0. The molecule has 14 heavy (non-hydrogen) atoms. The fourth-order valence-electron chi connectivity index (χ4n) is 1.58. The standard InChI is InChI=1S/C12H13NO/c1-2-13-10-6-7-11-9(8-10)4-3-5-12(11)14/h3-8,13-14H,2H2,1H3. The maximum Gasteiger partial charge on any atom is 0.123 e. The lowest BCUT2D eigenvalue weighted by atomic mass is 10.1. The minimum absolute atomic E-state index is 0.338. The first-order chi connectivity index (χ1) is 6.81. The van der Waals surface area contributed by atoms with Crippen molar-refractivity contribution in [2.45, 2.75) is 6.92 Å². The van der Waals surface area contributed by atoms with Crippen LogP contribution in [0.15, 0.2) is 36.4 Å². The summed E-state index contributed by atoms with van der Waals surface area (Å²) in [5.74, 6) is 0.338. The number of aromatic hydroxyl groups is 1. The van der Waals surface area contributed by atoms with Crippen LogP contribution in [-0.2, 0) is 0 Å². The van der Waals surface area contributed by atoms with E-state index in [9.17, 15) is 5.11 Å². The van der Waals surface area contributed by atoms with Crippen molar-refractivity contribution in [3.05, 3.63) is 36.4 Å². The number of hydrogen-bond acceptors (Lipinski definition) is 2. The van der Waals surface area contributed by atoms with Crippen molar-refractivity contribution in [2.75, 3.05) is 11.9 Å². The van der Waals surface area contributed by atoms with E-state index in [4.69, 9.17) is 0 Å². The van der Waals surface area contributed by atoms with E-state index in [0.717, 1.165) is 23.0 Å². The molecule has 0 saturated heterocycles. The van der Waals surface area contributed by atoms with Crippen LogP contribution >= 0.6 is 0 Å². The average Bonchev–Trinajstić information content (AvgIpc) is 2.18. The Morgan fingerprint density at radius 2 is 2.07 bits per heavy atom. The lowest BCUT2D eigenvalue weighted by molar-refractivity contribution is 0.481. The molecule has 2 rings (SSSR count). The molecule has 0 aliphatic carbocycles. The largest absolute Gasteiger partial charge is 0.507 e. The summed E-state index contributed by atoms with van der Waals surface area (Å²) in [7, 11) is 0. The van der Waals surface area contributed by atoms with Gasteiger partial charge >= 0.3 is 0 Å². The van der Waals surface area contributed by atoms with Crippen molar-refractivity contribution in [1.82, 2.24) is 0 Å². The predicted molar refractivity (Wildman–Crippen MR) is 59.8 cm³/mol. The SMILES string of the molecule is CCNc1ccc2c(O)cccc2c1. The smallest absolute Gasteiger partial charge is 0.123 e. The van der Waals surface area contributed by atoms with E-state index in [-0.39, 0.29) is 0 Å². The van der Waals surface area contributed by atoms with Crippen LogP contribution in [0.3, 0.4) is 0 Å². The molecule has 0 aromatic heterocycles. The zero-order valence-corrected chi connectivity index (χ0v) is 8.12. The molecule has 0 aliphatic rings. The minimum Gasteiger partial charge on any atom is -0.507 e. The van der Waals surface area contributed by atoms with Gasteiger partial charge in [-0.05, 0) is 36.6 Å². The van der Waals surface area contributed by atoms with Crippen LogP contribution in [0.4, 0.5) is 5.69 Å². The summed E-state index contributed by atoms with van der Waals surface area (Å²) in [6.07, 6.45) is 0. The first kappa shape index (κ1) is 8.88. The maximum atomic E-state index is 9.57. The third-order valence-corrected chi connectivity index (χ3v) is 2.24. The van der Waals surface area contributed by atoms with Gasteiger partial charge in [0.25, 0.3) is 0 Å². The van der Waals surface area contributed by atoms with Crippen LogP contribution in [0.5, 0.6) is 5.75 Å². The predicted octanol–water partition coefficient (Wildman–Crippen LogP) is 2.98.